The normalized spacial score (nSPS) is 20.0. The van der Waals surface area contributed by atoms with Gasteiger partial charge in [0.15, 0.2) is 0 Å². The van der Waals surface area contributed by atoms with Crippen molar-refractivity contribution in [2.45, 2.75) is 44.6 Å². The molecule has 184 valence electrons. The number of amides is 1. The van der Waals surface area contributed by atoms with E-state index in [-0.39, 0.29) is 36.2 Å². The zero-order chi connectivity index (χ0) is 25.1. The van der Waals surface area contributed by atoms with Crippen molar-refractivity contribution in [3.05, 3.63) is 77.0 Å². The van der Waals surface area contributed by atoms with Crippen LogP contribution in [0.2, 0.25) is 0 Å². The van der Waals surface area contributed by atoms with E-state index in [1.54, 1.807) is 6.20 Å². The Morgan fingerprint density at radius 2 is 1.86 bits per heavy atom. The van der Waals surface area contributed by atoms with Crippen molar-refractivity contribution >= 4 is 11.6 Å². The molecule has 2 heterocycles. The number of hydrogen-bond donors (Lipinski definition) is 3. The number of anilines is 1. The molecule has 2 aromatic heterocycles. The summed E-state index contributed by atoms with van der Waals surface area (Å²) in [6.45, 7) is 1.85. The summed E-state index contributed by atoms with van der Waals surface area (Å²) in [5, 5.41) is 11.8. The van der Waals surface area contributed by atoms with Crippen LogP contribution in [0.3, 0.4) is 0 Å². The van der Waals surface area contributed by atoms with Gasteiger partial charge in [-0.3, -0.25) is 9.78 Å². The van der Waals surface area contributed by atoms with Crippen LogP contribution in [0.5, 0.6) is 0 Å². The summed E-state index contributed by atoms with van der Waals surface area (Å²) in [6.07, 6.45) is 5.87. The molecule has 9 heteroatoms. The van der Waals surface area contributed by atoms with E-state index >= 15 is 0 Å². The Morgan fingerprint density at radius 1 is 1.11 bits per heavy atom. The molecule has 1 aliphatic carbocycles. The van der Waals surface area contributed by atoms with E-state index in [0.717, 1.165) is 49.1 Å². The molecule has 1 fully saturated rings. The standard InChI is InChI=1S/C26H27F3N4O2/c1-14-8-16(12-17(30)9-14)18-4-6-31-13-23(18)33-26(35)22-3-2-19(27)25(32-22)24-20(28)10-15(5-7-34)11-21(24)29/h2-4,6,10-11,13-14,16-17,34H,5,7-9,12,30H2,1H3,(H,33,35). The minimum atomic E-state index is -1.03. The number of carbonyl (C=O) groups excluding carboxylic acids is 1. The van der Waals surface area contributed by atoms with E-state index in [4.69, 9.17) is 10.8 Å². The maximum atomic E-state index is 14.7. The van der Waals surface area contributed by atoms with Crippen molar-refractivity contribution in [1.82, 2.24) is 9.97 Å². The average Bonchev–Trinajstić information content (AvgIpc) is 2.79. The second-order valence-corrected chi connectivity index (χ2v) is 9.12. The van der Waals surface area contributed by atoms with Crippen LogP contribution >= 0.6 is 0 Å². The Bertz CT molecular complexity index is 1200. The third-order valence-electron chi connectivity index (χ3n) is 6.34. The lowest BCUT2D eigenvalue weighted by molar-refractivity contribution is 0.102. The van der Waals surface area contributed by atoms with E-state index < -0.39 is 34.6 Å². The number of nitrogens with two attached hydrogens (primary N) is 1. The van der Waals surface area contributed by atoms with Gasteiger partial charge in [-0.15, -0.1) is 0 Å². The fourth-order valence-corrected chi connectivity index (χ4v) is 4.83. The van der Waals surface area contributed by atoms with Crippen LogP contribution in [0.4, 0.5) is 18.9 Å². The molecule has 3 atom stereocenters. The highest BCUT2D eigenvalue weighted by Crippen LogP contribution is 2.38. The molecule has 6 nitrogen and oxygen atoms in total. The number of nitrogens with one attached hydrogen (secondary N) is 1. The second-order valence-electron chi connectivity index (χ2n) is 9.12. The van der Waals surface area contributed by atoms with Crippen LogP contribution in [0, 0.1) is 23.4 Å². The molecule has 0 radical (unpaired) electrons. The topological polar surface area (TPSA) is 101 Å². The van der Waals surface area contributed by atoms with Crippen molar-refractivity contribution < 1.29 is 23.1 Å². The zero-order valence-electron chi connectivity index (χ0n) is 19.3. The Kier molecular flexibility index (Phi) is 7.47. The predicted molar refractivity (Wildman–Crippen MR) is 126 cm³/mol. The maximum Gasteiger partial charge on any atom is 0.274 e. The number of aliphatic hydroxyl groups is 1. The van der Waals surface area contributed by atoms with Gasteiger partial charge in [0.25, 0.3) is 5.91 Å². The Balaban J connectivity index is 1.63. The largest absolute Gasteiger partial charge is 0.396 e. The Hall–Kier alpha value is -3.30. The molecule has 1 aromatic carbocycles. The molecular formula is C26H27F3N4O2. The summed E-state index contributed by atoms with van der Waals surface area (Å²) >= 11 is 0. The molecule has 0 spiro atoms. The molecule has 35 heavy (non-hydrogen) atoms. The molecular weight excluding hydrogens is 457 g/mol. The number of aromatic nitrogens is 2. The number of nitrogens with zero attached hydrogens (tertiary/aromatic N) is 2. The highest BCUT2D eigenvalue weighted by Gasteiger charge is 2.28. The fourth-order valence-electron chi connectivity index (χ4n) is 4.83. The number of benzene rings is 1. The maximum absolute atomic E-state index is 14.7. The Morgan fingerprint density at radius 3 is 2.54 bits per heavy atom. The van der Waals surface area contributed by atoms with Crippen molar-refractivity contribution in [2.75, 3.05) is 11.9 Å². The number of hydrogen-bond acceptors (Lipinski definition) is 5. The van der Waals surface area contributed by atoms with Gasteiger partial charge in [-0.2, -0.15) is 0 Å². The van der Waals surface area contributed by atoms with Crippen LogP contribution in [0.25, 0.3) is 11.3 Å². The number of aliphatic hydroxyl groups excluding tert-OH is 1. The minimum Gasteiger partial charge on any atom is -0.396 e. The molecule has 1 saturated carbocycles. The predicted octanol–water partition coefficient (Wildman–Crippen LogP) is 4.58. The van der Waals surface area contributed by atoms with Crippen LogP contribution in [-0.2, 0) is 6.42 Å². The van der Waals surface area contributed by atoms with Gasteiger partial charge in [0.2, 0.25) is 0 Å². The Labute approximate surface area is 201 Å². The van der Waals surface area contributed by atoms with E-state index in [0.29, 0.717) is 11.6 Å². The van der Waals surface area contributed by atoms with Gasteiger partial charge in [-0.1, -0.05) is 6.92 Å². The lowest BCUT2D eigenvalue weighted by atomic mass is 9.76. The van der Waals surface area contributed by atoms with Gasteiger partial charge in [-0.25, -0.2) is 18.2 Å². The monoisotopic (exact) mass is 484 g/mol. The van der Waals surface area contributed by atoms with E-state index in [2.05, 4.69) is 22.2 Å². The van der Waals surface area contributed by atoms with E-state index in [1.165, 1.54) is 6.20 Å². The smallest absolute Gasteiger partial charge is 0.274 e. The summed E-state index contributed by atoms with van der Waals surface area (Å²) in [7, 11) is 0. The van der Waals surface area contributed by atoms with Crippen molar-refractivity contribution in [2.24, 2.45) is 11.7 Å². The van der Waals surface area contributed by atoms with E-state index in [1.807, 2.05) is 6.07 Å². The zero-order valence-corrected chi connectivity index (χ0v) is 19.3. The van der Waals surface area contributed by atoms with Crippen molar-refractivity contribution in [3.8, 4) is 11.3 Å². The molecule has 4 N–H and O–H groups in total. The highest BCUT2D eigenvalue weighted by atomic mass is 19.1. The molecule has 0 saturated heterocycles. The SMILES string of the molecule is CC1CC(N)CC(c2ccncc2NC(=O)c2ccc(F)c(-c3c(F)cc(CCO)cc3F)n2)C1. The van der Waals surface area contributed by atoms with Crippen LogP contribution in [0.15, 0.2) is 42.7 Å². The van der Waals surface area contributed by atoms with Gasteiger partial charge < -0.3 is 16.2 Å². The fraction of sp³-hybridized carbons (Fsp3) is 0.346. The first-order chi connectivity index (χ1) is 16.8. The number of rotatable bonds is 6. The summed E-state index contributed by atoms with van der Waals surface area (Å²) in [4.78, 5) is 21.1. The lowest BCUT2D eigenvalue weighted by Gasteiger charge is -2.32. The van der Waals surface area contributed by atoms with Gasteiger partial charge in [-0.05, 0) is 79.0 Å². The summed E-state index contributed by atoms with van der Waals surface area (Å²) < 4.78 is 43.9. The first kappa shape index (κ1) is 24.8. The first-order valence-electron chi connectivity index (χ1n) is 11.5. The molecule has 1 amide bonds. The third-order valence-corrected chi connectivity index (χ3v) is 6.34. The molecule has 1 aliphatic rings. The summed E-state index contributed by atoms with van der Waals surface area (Å²) in [5.41, 5.74) is 6.33. The number of pyridine rings is 2. The van der Waals surface area contributed by atoms with Crippen molar-refractivity contribution in [1.29, 1.82) is 0 Å². The third kappa shape index (κ3) is 5.52. The number of halogens is 3. The van der Waals surface area contributed by atoms with Gasteiger partial charge in [0.1, 0.15) is 28.8 Å². The molecule has 4 rings (SSSR count). The summed E-state index contributed by atoms with van der Waals surface area (Å²) in [6, 6.07) is 6.03. The number of carbonyl (C=O) groups is 1. The van der Waals surface area contributed by atoms with Crippen LogP contribution in [0.1, 0.15) is 53.7 Å². The first-order valence-corrected chi connectivity index (χ1v) is 11.5. The van der Waals surface area contributed by atoms with Gasteiger partial charge in [0.05, 0.1) is 17.4 Å². The van der Waals surface area contributed by atoms with Crippen LogP contribution < -0.4 is 11.1 Å². The minimum absolute atomic E-state index is 0.0462. The second kappa shape index (κ2) is 10.5. The average molecular weight is 485 g/mol. The van der Waals surface area contributed by atoms with Gasteiger partial charge >= 0.3 is 0 Å². The quantitative estimate of drug-likeness (QED) is 0.476. The highest BCUT2D eigenvalue weighted by molar-refractivity contribution is 6.03. The van der Waals surface area contributed by atoms with Crippen LogP contribution in [-0.4, -0.2) is 33.6 Å². The molecule has 0 bridgehead atoms. The molecule has 3 unspecified atom stereocenters. The molecule has 0 aliphatic heterocycles. The lowest BCUT2D eigenvalue weighted by Crippen LogP contribution is -2.31. The van der Waals surface area contributed by atoms with E-state index in [9.17, 15) is 18.0 Å². The van der Waals surface area contributed by atoms with Gasteiger partial charge in [0, 0.05) is 18.8 Å². The van der Waals surface area contributed by atoms with Crippen molar-refractivity contribution in [3.63, 3.8) is 0 Å². The molecule has 3 aromatic rings. The summed E-state index contributed by atoms with van der Waals surface area (Å²) in [5.74, 6) is -3.11.